The summed E-state index contributed by atoms with van der Waals surface area (Å²) < 4.78 is 57.5. The van der Waals surface area contributed by atoms with Crippen LogP contribution >= 0.6 is 0 Å². The molecule has 0 unspecified atom stereocenters. The molecule has 0 N–H and O–H groups in total. The van der Waals surface area contributed by atoms with E-state index in [0.717, 1.165) is 61.8 Å². The van der Waals surface area contributed by atoms with Crippen LogP contribution in [0.4, 0.5) is 17.6 Å². The maximum atomic E-state index is 13.9. The zero-order valence-electron chi connectivity index (χ0n) is 28.8. The Balaban J connectivity index is 0.000000169. The van der Waals surface area contributed by atoms with Gasteiger partial charge in [0.1, 0.15) is 0 Å². The minimum Gasteiger partial charge on any atom is -0.369 e. The van der Waals surface area contributed by atoms with E-state index in [1.54, 1.807) is 0 Å². The van der Waals surface area contributed by atoms with Crippen molar-refractivity contribution >= 4 is 0 Å². The maximum absolute atomic E-state index is 13.9. The van der Waals surface area contributed by atoms with Crippen LogP contribution in [-0.4, -0.2) is 33.0 Å². The molecule has 9 heteroatoms. The number of benzene rings is 2. The summed E-state index contributed by atoms with van der Waals surface area (Å²) in [4.78, 5) is 4.45. The van der Waals surface area contributed by atoms with Gasteiger partial charge in [-0.15, -0.1) is 49.2 Å². The molecule has 0 atom stereocenters. The van der Waals surface area contributed by atoms with Crippen LogP contribution in [0.5, 0.6) is 0 Å². The van der Waals surface area contributed by atoms with E-state index < -0.39 is 23.3 Å². The Kier molecular flexibility index (Phi) is 13.1. The van der Waals surface area contributed by atoms with Gasteiger partial charge < -0.3 is 9.13 Å². The monoisotopic (exact) mass is 700 g/mol. The van der Waals surface area contributed by atoms with Crippen molar-refractivity contribution in [3.05, 3.63) is 153 Å². The van der Waals surface area contributed by atoms with Gasteiger partial charge in [0.25, 0.3) is 0 Å². The minimum atomic E-state index is -0.670. The van der Waals surface area contributed by atoms with E-state index in [2.05, 4.69) is 60.3 Å². The number of fused-ring (bicyclic) bond motifs is 2. The second-order valence-electron chi connectivity index (χ2n) is 12.3. The van der Waals surface area contributed by atoms with E-state index in [1.165, 1.54) is 46.5 Å². The summed E-state index contributed by atoms with van der Waals surface area (Å²) in [5.74, 6) is -2.63. The maximum Gasteiger partial charge on any atom is 4.00 e. The van der Waals surface area contributed by atoms with E-state index >= 15 is 0 Å². The second-order valence-corrected chi connectivity index (χ2v) is 12.3. The predicted molar refractivity (Wildman–Crippen MR) is 181 cm³/mol. The van der Waals surface area contributed by atoms with Crippen molar-refractivity contribution in [3.63, 3.8) is 0 Å². The molecule has 4 heterocycles. The van der Waals surface area contributed by atoms with Gasteiger partial charge in [-0.25, -0.2) is 41.9 Å². The van der Waals surface area contributed by atoms with Crippen LogP contribution in [0.3, 0.4) is 0 Å². The fourth-order valence-corrected chi connectivity index (χ4v) is 6.57. The quantitative estimate of drug-likeness (QED) is 0.118. The molecule has 0 amide bonds. The Labute approximate surface area is 302 Å². The summed E-state index contributed by atoms with van der Waals surface area (Å²) in [5.41, 5.74) is 9.85. The first-order valence-electron chi connectivity index (χ1n) is 15.9. The zero-order chi connectivity index (χ0) is 34.5. The second kappa shape index (κ2) is 16.8. The van der Waals surface area contributed by atoms with Crippen LogP contribution in [-0.2, 0) is 47.9 Å². The first-order valence-corrected chi connectivity index (χ1v) is 15.9. The molecule has 0 saturated carbocycles. The molecule has 0 spiro atoms. The molecule has 0 saturated heterocycles. The average Bonchev–Trinajstić information content (AvgIpc) is 3.90. The molecule has 4 aromatic rings. The molecular formula is C40H40F4N4Ti. The van der Waals surface area contributed by atoms with Gasteiger partial charge >= 0.3 is 21.7 Å². The fourth-order valence-electron chi connectivity index (χ4n) is 6.57. The van der Waals surface area contributed by atoms with Gasteiger partial charge in [-0.3, -0.25) is 22.0 Å². The Morgan fingerprint density at radius 2 is 0.857 bits per heavy atom. The molecule has 8 rings (SSSR count). The first kappa shape index (κ1) is 38.1. The Morgan fingerprint density at radius 1 is 0.531 bits per heavy atom. The van der Waals surface area contributed by atoms with Crippen molar-refractivity contribution in [2.24, 2.45) is 0 Å². The van der Waals surface area contributed by atoms with Crippen LogP contribution in [0.2, 0.25) is 0 Å². The van der Waals surface area contributed by atoms with Crippen molar-refractivity contribution in [2.75, 3.05) is 14.1 Å². The van der Waals surface area contributed by atoms with E-state index in [1.807, 2.05) is 61.1 Å². The van der Waals surface area contributed by atoms with Gasteiger partial charge in [0.05, 0.1) is 0 Å². The molecule has 2 aliphatic carbocycles. The number of halogens is 4. The van der Waals surface area contributed by atoms with Gasteiger partial charge in [-0.2, -0.15) is 12.2 Å². The SMILES string of the molecule is Cc1c2c(c(C)n1-c1ccc(F)[c-]c1F)CN(C)C2.Cc1c2c(c(C)n1-c1ccc(F)[c-]c1F)CN(C)C2.[C-]1=CC=CC1.[C-]1=CC=CC1.[Ti+4]. The predicted octanol–water partition coefficient (Wildman–Crippen LogP) is 8.84. The van der Waals surface area contributed by atoms with Gasteiger partial charge in [-0.1, -0.05) is 0 Å². The van der Waals surface area contributed by atoms with E-state index in [4.69, 9.17) is 0 Å². The number of allylic oxidation sites excluding steroid dienone is 8. The summed E-state index contributed by atoms with van der Waals surface area (Å²) in [6.07, 6.45) is 20.0. The Hall–Kier alpha value is -3.69. The smallest absolute Gasteiger partial charge is 0.369 e. The van der Waals surface area contributed by atoms with Crippen molar-refractivity contribution in [1.82, 2.24) is 18.9 Å². The largest absolute Gasteiger partial charge is 4.00 e. The minimum absolute atomic E-state index is 0. The van der Waals surface area contributed by atoms with Crippen LogP contribution < -0.4 is 0 Å². The van der Waals surface area contributed by atoms with Gasteiger partial charge in [-0.05, 0) is 75.4 Å². The van der Waals surface area contributed by atoms with Crippen LogP contribution in [0.15, 0.2) is 60.7 Å². The standard InChI is InChI=1S/2C15H15F2N2.2C5H5.Ti/c2*1-9-12-7-18(3)8-13(12)10(2)19(9)15-5-4-11(16)6-14(15)17;2*1-2-4-5-3-1;/h2*4-5H,7-8H2,1-3H3;2*1-3H,4H2;/q4*-1;+4. The molecule has 4 aliphatic rings. The number of hydrogen-bond acceptors (Lipinski definition) is 2. The summed E-state index contributed by atoms with van der Waals surface area (Å²) >= 11 is 0. The average molecular weight is 701 g/mol. The molecule has 0 fully saturated rings. The summed E-state index contributed by atoms with van der Waals surface area (Å²) in [5, 5.41) is 0. The van der Waals surface area contributed by atoms with Crippen molar-refractivity contribution < 1.29 is 39.3 Å². The third-order valence-corrected chi connectivity index (χ3v) is 8.87. The third-order valence-electron chi connectivity index (χ3n) is 8.87. The van der Waals surface area contributed by atoms with E-state index in [9.17, 15) is 17.6 Å². The first-order chi connectivity index (χ1) is 23.0. The summed E-state index contributed by atoms with van der Waals surface area (Å²) in [6, 6.07) is 9.63. The van der Waals surface area contributed by atoms with Crippen LogP contribution in [0.1, 0.15) is 57.9 Å². The topological polar surface area (TPSA) is 16.3 Å². The third kappa shape index (κ3) is 8.55. The van der Waals surface area contributed by atoms with E-state index in [-0.39, 0.29) is 21.7 Å². The van der Waals surface area contributed by atoms with Crippen molar-refractivity contribution in [1.29, 1.82) is 0 Å². The van der Waals surface area contributed by atoms with E-state index in [0.29, 0.717) is 11.4 Å². The molecule has 252 valence electrons. The molecular weight excluding hydrogens is 660 g/mol. The van der Waals surface area contributed by atoms with Gasteiger partial charge in [0.15, 0.2) is 0 Å². The van der Waals surface area contributed by atoms with Crippen LogP contribution in [0, 0.1) is 75.2 Å². The summed E-state index contributed by atoms with van der Waals surface area (Å²) in [7, 11) is 4.13. The molecule has 2 aromatic heterocycles. The van der Waals surface area contributed by atoms with Crippen molar-refractivity contribution in [3.8, 4) is 11.4 Å². The number of aromatic nitrogens is 2. The molecule has 4 nitrogen and oxygen atoms in total. The Morgan fingerprint density at radius 3 is 1.08 bits per heavy atom. The van der Waals surface area contributed by atoms with Gasteiger partial charge in [0, 0.05) is 72.2 Å². The fraction of sp³-hybridized carbons (Fsp3) is 0.300. The molecule has 2 aromatic carbocycles. The summed E-state index contributed by atoms with van der Waals surface area (Å²) in [6.45, 7) is 11.4. The van der Waals surface area contributed by atoms with Crippen molar-refractivity contribution in [2.45, 2.75) is 66.7 Å². The molecule has 0 radical (unpaired) electrons. The normalized spacial score (nSPS) is 15.2. The van der Waals surface area contributed by atoms with Crippen LogP contribution in [0.25, 0.3) is 11.4 Å². The molecule has 2 aliphatic heterocycles. The molecule has 49 heavy (non-hydrogen) atoms. The Bertz CT molecular complexity index is 1700. The number of nitrogens with zero attached hydrogens (tertiary/aromatic N) is 4. The zero-order valence-corrected chi connectivity index (χ0v) is 30.4. The number of hydrogen-bond donors (Lipinski definition) is 0. The number of rotatable bonds is 2. The molecule has 0 bridgehead atoms. The van der Waals surface area contributed by atoms with Gasteiger partial charge in [0.2, 0.25) is 0 Å².